The SMILES string of the molecule is CN(C(=O)O)c1[nH]c(=O)c2ccc(C#N)cc2c1-c1ccc(Cl)cc1. The third-order valence-corrected chi connectivity index (χ3v) is 4.14. The largest absolute Gasteiger partial charge is 0.465 e. The van der Waals surface area contributed by atoms with Crippen molar-refractivity contribution >= 4 is 34.3 Å². The van der Waals surface area contributed by atoms with E-state index in [1.165, 1.54) is 7.05 Å². The number of benzene rings is 2. The number of nitrogens with zero attached hydrogens (tertiary/aromatic N) is 2. The Balaban J connectivity index is 2.47. The van der Waals surface area contributed by atoms with Crippen LogP contribution in [0.3, 0.4) is 0 Å². The summed E-state index contributed by atoms with van der Waals surface area (Å²) in [5.41, 5.74) is 1.12. The van der Waals surface area contributed by atoms with E-state index in [2.05, 4.69) is 4.98 Å². The van der Waals surface area contributed by atoms with Gasteiger partial charge in [-0.3, -0.25) is 9.69 Å². The number of carboxylic acid groups (broad SMARTS) is 1. The van der Waals surface area contributed by atoms with Gasteiger partial charge in [0.1, 0.15) is 5.82 Å². The minimum Gasteiger partial charge on any atom is -0.465 e. The third-order valence-electron chi connectivity index (χ3n) is 3.89. The zero-order chi connectivity index (χ0) is 18.1. The first-order valence-electron chi connectivity index (χ1n) is 7.25. The summed E-state index contributed by atoms with van der Waals surface area (Å²) in [7, 11) is 1.34. The highest BCUT2D eigenvalue weighted by Crippen LogP contribution is 2.35. The summed E-state index contributed by atoms with van der Waals surface area (Å²) >= 11 is 5.94. The van der Waals surface area contributed by atoms with Crippen LogP contribution in [0.4, 0.5) is 10.6 Å². The number of carbonyl (C=O) groups is 1. The molecule has 0 saturated heterocycles. The van der Waals surface area contributed by atoms with Crippen molar-refractivity contribution < 1.29 is 9.90 Å². The molecule has 0 spiro atoms. The van der Waals surface area contributed by atoms with Gasteiger partial charge in [-0.2, -0.15) is 5.26 Å². The summed E-state index contributed by atoms with van der Waals surface area (Å²) in [6, 6.07) is 13.5. The molecule has 2 N–H and O–H groups in total. The molecule has 124 valence electrons. The molecule has 0 bridgehead atoms. The Labute approximate surface area is 147 Å². The monoisotopic (exact) mass is 353 g/mol. The molecule has 3 aromatic rings. The van der Waals surface area contributed by atoms with Gasteiger partial charge in [-0.15, -0.1) is 0 Å². The standard InChI is InChI=1S/C18H12ClN3O3/c1-22(18(24)25)16-15(11-3-5-12(19)6-4-11)14-8-10(9-20)2-7-13(14)17(23)21-16/h2-8H,1H3,(H,21,23)(H,24,25). The van der Waals surface area contributed by atoms with Gasteiger partial charge in [0.15, 0.2) is 0 Å². The second kappa shape index (κ2) is 6.30. The van der Waals surface area contributed by atoms with E-state index in [0.29, 0.717) is 32.5 Å². The molecule has 0 aliphatic rings. The van der Waals surface area contributed by atoms with Gasteiger partial charge in [-0.05, 0) is 41.3 Å². The van der Waals surface area contributed by atoms with Crippen molar-refractivity contribution in [2.45, 2.75) is 0 Å². The molecule has 0 unspecified atom stereocenters. The highest BCUT2D eigenvalue weighted by atomic mass is 35.5. The summed E-state index contributed by atoms with van der Waals surface area (Å²) in [5, 5.41) is 19.9. The maximum atomic E-state index is 12.4. The Morgan fingerprint density at radius 3 is 2.48 bits per heavy atom. The van der Waals surface area contributed by atoms with Crippen molar-refractivity contribution in [2.24, 2.45) is 0 Å². The molecule has 0 radical (unpaired) electrons. The zero-order valence-electron chi connectivity index (χ0n) is 13.1. The predicted octanol–water partition coefficient (Wildman–Crippen LogP) is 3.83. The van der Waals surface area contributed by atoms with Crippen LogP contribution in [0.5, 0.6) is 0 Å². The summed E-state index contributed by atoms with van der Waals surface area (Å²) < 4.78 is 0. The molecule has 25 heavy (non-hydrogen) atoms. The van der Waals surface area contributed by atoms with Crippen LogP contribution < -0.4 is 10.5 Å². The Bertz CT molecular complexity index is 1080. The van der Waals surface area contributed by atoms with Gasteiger partial charge < -0.3 is 10.1 Å². The van der Waals surface area contributed by atoms with E-state index in [4.69, 9.17) is 11.6 Å². The van der Waals surface area contributed by atoms with Crippen molar-refractivity contribution in [3.63, 3.8) is 0 Å². The number of nitrogens with one attached hydrogen (secondary N) is 1. The molecule has 1 aromatic heterocycles. The summed E-state index contributed by atoms with van der Waals surface area (Å²) in [6.07, 6.45) is -1.22. The molecular weight excluding hydrogens is 342 g/mol. The molecule has 1 heterocycles. The first kappa shape index (κ1) is 16.6. The number of hydrogen-bond donors (Lipinski definition) is 2. The van der Waals surface area contributed by atoms with Crippen LogP contribution in [0, 0.1) is 11.3 Å². The topological polar surface area (TPSA) is 97.2 Å². The predicted molar refractivity (Wildman–Crippen MR) is 96.2 cm³/mol. The molecular formula is C18H12ClN3O3. The fraction of sp³-hybridized carbons (Fsp3) is 0.0556. The van der Waals surface area contributed by atoms with Crippen LogP contribution in [0.1, 0.15) is 5.56 Å². The van der Waals surface area contributed by atoms with Crippen LogP contribution in [-0.2, 0) is 0 Å². The third kappa shape index (κ3) is 2.93. The lowest BCUT2D eigenvalue weighted by Crippen LogP contribution is -2.27. The second-order valence-corrected chi connectivity index (χ2v) is 5.83. The van der Waals surface area contributed by atoms with Crippen molar-refractivity contribution in [1.82, 2.24) is 4.98 Å². The van der Waals surface area contributed by atoms with Gasteiger partial charge in [0.25, 0.3) is 5.56 Å². The van der Waals surface area contributed by atoms with Crippen LogP contribution >= 0.6 is 11.6 Å². The van der Waals surface area contributed by atoms with E-state index in [9.17, 15) is 20.0 Å². The van der Waals surface area contributed by atoms with Gasteiger partial charge in [-0.25, -0.2) is 4.79 Å². The minimum absolute atomic E-state index is 0.127. The summed E-state index contributed by atoms with van der Waals surface area (Å²) in [4.78, 5) is 27.4. The van der Waals surface area contributed by atoms with Crippen LogP contribution in [0.15, 0.2) is 47.3 Å². The fourth-order valence-corrected chi connectivity index (χ4v) is 2.77. The van der Waals surface area contributed by atoms with Crippen molar-refractivity contribution in [3.8, 4) is 17.2 Å². The highest BCUT2D eigenvalue weighted by Gasteiger charge is 2.20. The van der Waals surface area contributed by atoms with Crippen molar-refractivity contribution in [2.75, 3.05) is 11.9 Å². The van der Waals surface area contributed by atoms with E-state index in [1.807, 2.05) is 6.07 Å². The Hall–Kier alpha value is -3.30. The van der Waals surface area contributed by atoms with E-state index < -0.39 is 11.7 Å². The number of anilines is 1. The number of fused-ring (bicyclic) bond motifs is 1. The number of pyridine rings is 1. The molecule has 0 atom stereocenters. The highest BCUT2D eigenvalue weighted by molar-refractivity contribution is 6.30. The lowest BCUT2D eigenvalue weighted by atomic mass is 9.98. The Morgan fingerprint density at radius 2 is 1.88 bits per heavy atom. The lowest BCUT2D eigenvalue weighted by molar-refractivity contribution is 0.203. The normalized spacial score (nSPS) is 10.4. The maximum Gasteiger partial charge on any atom is 0.412 e. The number of H-pyrrole nitrogens is 1. The summed E-state index contributed by atoms with van der Waals surface area (Å²) in [6.45, 7) is 0. The van der Waals surface area contributed by atoms with Gasteiger partial charge in [0, 0.05) is 23.0 Å². The number of rotatable bonds is 2. The molecule has 7 heteroatoms. The lowest BCUT2D eigenvalue weighted by Gasteiger charge is -2.19. The zero-order valence-corrected chi connectivity index (χ0v) is 13.8. The fourth-order valence-electron chi connectivity index (χ4n) is 2.64. The molecule has 0 aliphatic carbocycles. The smallest absolute Gasteiger partial charge is 0.412 e. The number of nitriles is 1. The van der Waals surface area contributed by atoms with E-state index in [-0.39, 0.29) is 5.82 Å². The van der Waals surface area contributed by atoms with Crippen molar-refractivity contribution in [1.29, 1.82) is 5.26 Å². The number of amides is 1. The number of aromatic nitrogens is 1. The molecule has 2 aromatic carbocycles. The first-order chi connectivity index (χ1) is 11.9. The van der Waals surface area contributed by atoms with Crippen LogP contribution in [0.2, 0.25) is 5.02 Å². The van der Waals surface area contributed by atoms with Gasteiger partial charge in [0.2, 0.25) is 0 Å². The first-order valence-corrected chi connectivity index (χ1v) is 7.63. The minimum atomic E-state index is -1.22. The van der Waals surface area contributed by atoms with E-state index in [1.54, 1.807) is 42.5 Å². The molecule has 1 amide bonds. The van der Waals surface area contributed by atoms with E-state index in [0.717, 1.165) is 4.90 Å². The van der Waals surface area contributed by atoms with Crippen molar-refractivity contribution in [3.05, 3.63) is 63.4 Å². The second-order valence-electron chi connectivity index (χ2n) is 5.40. The molecule has 0 aliphatic heterocycles. The average Bonchev–Trinajstić information content (AvgIpc) is 2.61. The molecule has 3 rings (SSSR count). The molecule has 0 saturated carbocycles. The van der Waals surface area contributed by atoms with Crippen LogP contribution in [-0.4, -0.2) is 23.2 Å². The quantitative estimate of drug-likeness (QED) is 0.731. The number of aromatic amines is 1. The molecule has 6 nitrogen and oxygen atoms in total. The van der Waals surface area contributed by atoms with Gasteiger partial charge in [-0.1, -0.05) is 23.7 Å². The van der Waals surface area contributed by atoms with E-state index >= 15 is 0 Å². The average molecular weight is 354 g/mol. The Morgan fingerprint density at radius 1 is 1.20 bits per heavy atom. The van der Waals surface area contributed by atoms with Crippen LogP contribution in [0.25, 0.3) is 21.9 Å². The Kier molecular flexibility index (Phi) is 4.17. The number of halogens is 1. The maximum absolute atomic E-state index is 12.4. The molecule has 0 fully saturated rings. The van der Waals surface area contributed by atoms with Gasteiger partial charge in [0.05, 0.1) is 11.6 Å². The van der Waals surface area contributed by atoms with Gasteiger partial charge >= 0.3 is 6.09 Å². The number of hydrogen-bond acceptors (Lipinski definition) is 3. The summed E-state index contributed by atoms with van der Waals surface area (Å²) in [5.74, 6) is 0.127.